The standard InChI is InChI=1S/C17H26FN/c1-4-13-6-7-14(9-13)17(19-3)11-15-10-16(18)8-5-12(15)2/h5,8,10,13-14,17,19H,4,6-7,9,11H2,1-3H3. The first kappa shape index (κ1) is 14.5. The van der Waals surface area contributed by atoms with Gasteiger partial charge in [-0.1, -0.05) is 25.8 Å². The Morgan fingerprint density at radius 3 is 2.79 bits per heavy atom. The summed E-state index contributed by atoms with van der Waals surface area (Å²) in [6.45, 7) is 4.36. The van der Waals surface area contributed by atoms with Crippen LogP contribution in [0.15, 0.2) is 18.2 Å². The van der Waals surface area contributed by atoms with Gasteiger partial charge in [-0.3, -0.25) is 0 Å². The number of hydrogen-bond donors (Lipinski definition) is 1. The largest absolute Gasteiger partial charge is 0.316 e. The van der Waals surface area contributed by atoms with Crippen LogP contribution in [0.3, 0.4) is 0 Å². The Kier molecular flexibility index (Phi) is 4.98. The SMILES string of the molecule is CCC1CCC(C(Cc2cc(F)ccc2C)NC)C1. The second-order valence-electron chi connectivity index (χ2n) is 6.02. The fourth-order valence-corrected chi connectivity index (χ4v) is 3.45. The van der Waals surface area contributed by atoms with Gasteiger partial charge >= 0.3 is 0 Å². The third-order valence-electron chi connectivity index (χ3n) is 4.85. The maximum Gasteiger partial charge on any atom is 0.123 e. The van der Waals surface area contributed by atoms with E-state index in [1.54, 1.807) is 12.1 Å². The molecule has 1 aliphatic rings. The summed E-state index contributed by atoms with van der Waals surface area (Å²) in [7, 11) is 2.04. The van der Waals surface area contributed by atoms with Gasteiger partial charge in [0.15, 0.2) is 0 Å². The quantitative estimate of drug-likeness (QED) is 0.843. The summed E-state index contributed by atoms with van der Waals surface area (Å²) >= 11 is 0. The van der Waals surface area contributed by atoms with Crippen molar-refractivity contribution in [3.8, 4) is 0 Å². The zero-order valence-corrected chi connectivity index (χ0v) is 12.4. The van der Waals surface area contributed by atoms with E-state index in [-0.39, 0.29) is 5.82 Å². The van der Waals surface area contributed by atoms with Crippen LogP contribution in [0.2, 0.25) is 0 Å². The average Bonchev–Trinajstić information content (AvgIpc) is 2.88. The van der Waals surface area contributed by atoms with Crippen LogP contribution in [-0.2, 0) is 6.42 Å². The zero-order valence-electron chi connectivity index (χ0n) is 12.4. The summed E-state index contributed by atoms with van der Waals surface area (Å²) in [4.78, 5) is 0. The fourth-order valence-electron chi connectivity index (χ4n) is 3.45. The Morgan fingerprint density at radius 2 is 2.16 bits per heavy atom. The van der Waals surface area contributed by atoms with Crippen LogP contribution < -0.4 is 5.32 Å². The molecule has 1 aromatic carbocycles. The number of halogens is 1. The van der Waals surface area contributed by atoms with Gasteiger partial charge in [0.1, 0.15) is 5.82 Å². The van der Waals surface area contributed by atoms with E-state index in [2.05, 4.69) is 19.2 Å². The molecule has 106 valence electrons. The number of aryl methyl sites for hydroxylation is 1. The first-order valence-electron chi connectivity index (χ1n) is 7.56. The molecule has 1 aromatic rings. The molecule has 3 unspecified atom stereocenters. The van der Waals surface area contributed by atoms with Crippen molar-refractivity contribution in [1.29, 1.82) is 0 Å². The normalized spacial score (nSPS) is 24.6. The summed E-state index contributed by atoms with van der Waals surface area (Å²) in [6.07, 6.45) is 6.25. The molecule has 19 heavy (non-hydrogen) atoms. The van der Waals surface area contributed by atoms with Crippen LogP contribution in [0.4, 0.5) is 4.39 Å². The van der Waals surface area contributed by atoms with Crippen LogP contribution in [-0.4, -0.2) is 13.1 Å². The predicted molar refractivity (Wildman–Crippen MR) is 78.8 cm³/mol. The minimum Gasteiger partial charge on any atom is -0.316 e. The van der Waals surface area contributed by atoms with Crippen molar-refractivity contribution in [2.45, 2.75) is 52.0 Å². The van der Waals surface area contributed by atoms with E-state index in [0.717, 1.165) is 23.8 Å². The van der Waals surface area contributed by atoms with E-state index in [0.29, 0.717) is 6.04 Å². The molecule has 1 nitrogen and oxygen atoms in total. The molecule has 0 radical (unpaired) electrons. The molecule has 2 heteroatoms. The summed E-state index contributed by atoms with van der Waals surface area (Å²) in [5.41, 5.74) is 2.35. The highest BCUT2D eigenvalue weighted by Crippen LogP contribution is 2.35. The van der Waals surface area contributed by atoms with Gasteiger partial charge in [-0.15, -0.1) is 0 Å². The highest BCUT2D eigenvalue weighted by molar-refractivity contribution is 5.27. The van der Waals surface area contributed by atoms with Gasteiger partial charge in [0, 0.05) is 6.04 Å². The number of nitrogens with one attached hydrogen (secondary N) is 1. The Hall–Kier alpha value is -0.890. The Morgan fingerprint density at radius 1 is 1.37 bits per heavy atom. The lowest BCUT2D eigenvalue weighted by molar-refractivity contribution is 0.361. The van der Waals surface area contributed by atoms with Crippen LogP contribution >= 0.6 is 0 Å². The summed E-state index contributed by atoms with van der Waals surface area (Å²) < 4.78 is 13.4. The Labute approximate surface area is 116 Å². The second kappa shape index (κ2) is 6.51. The fraction of sp³-hybridized carbons (Fsp3) is 0.647. The molecule has 3 atom stereocenters. The van der Waals surface area contributed by atoms with E-state index in [9.17, 15) is 4.39 Å². The van der Waals surface area contributed by atoms with Crippen LogP contribution in [0.5, 0.6) is 0 Å². The van der Waals surface area contributed by atoms with Crippen molar-refractivity contribution in [2.75, 3.05) is 7.05 Å². The van der Waals surface area contributed by atoms with Crippen molar-refractivity contribution in [3.05, 3.63) is 35.1 Å². The lowest BCUT2D eigenvalue weighted by Crippen LogP contribution is -2.34. The monoisotopic (exact) mass is 263 g/mol. The molecular formula is C17H26FN. The first-order chi connectivity index (χ1) is 9.13. The molecule has 0 saturated heterocycles. The molecule has 1 N–H and O–H groups in total. The van der Waals surface area contributed by atoms with Crippen molar-refractivity contribution in [1.82, 2.24) is 5.32 Å². The maximum atomic E-state index is 13.4. The summed E-state index contributed by atoms with van der Waals surface area (Å²) in [5.74, 6) is 1.53. The zero-order chi connectivity index (χ0) is 13.8. The highest BCUT2D eigenvalue weighted by Gasteiger charge is 2.29. The maximum absolute atomic E-state index is 13.4. The van der Waals surface area contributed by atoms with Gasteiger partial charge in [0.25, 0.3) is 0 Å². The second-order valence-corrected chi connectivity index (χ2v) is 6.02. The minimum absolute atomic E-state index is 0.117. The summed E-state index contributed by atoms with van der Waals surface area (Å²) in [5, 5.41) is 3.46. The molecule has 2 rings (SSSR count). The van der Waals surface area contributed by atoms with Crippen molar-refractivity contribution < 1.29 is 4.39 Å². The van der Waals surface area contributed by atoms with Gasteiger partial charge in [-0.2, -0.15) is 0 Å². The summed E-state index contributed by atoms with van der Waals surface area (Å²) in [6, 6.07) is 5.62. The third kappa shape index (κ3) is 3.56. The van der Waals surface area contributed by atoms with Crippen LogP contribution in [0.25, 0.3) is 0 Å². The first-order valence-corrected chi connectivity index (χ1v) is 7.56. The van der Waals surface area contributed by atoms with Gasteiger partial charge in [-0.05, 0) is 68.3 Å². The van der Waals surface area contributed by atoms with Gasteiger partial charge in [0.05, 0.1) is 0 Å². The average molecular weight is 263 g/mol. The molecule has 0 heterocycles. The molecule has 0 amide bonds. The number of rotatable bonds is 5. The van der Waals surface area contributed by atoms with Crippen molar-refractivity contribution >= 4 is 0 Å². The van der Waals surface area contributed by atoms with E-state index in [4.69, 9.17) is 0 Å². The molecular weight excluding hydrogens is 237 g/mol. The molecule has 1 fully saturated rings. The van der Waals surface area contributed by atoms with Crippen molar-refractivity contribution in [2.24, 2.45) is 11.8 Å². The molecule has 0 aliphatic heterocycles. The molecule has 1 saturated carbocycles. The topological polar surface area (TPSA) is 12.0 Å². The molecule has 1 aliphatic carbocycles. The molecule has 0 spiro atoms. The highest BCUT2D eigenvalue weighted by atomic mass is 19.1. The van der Waals surface area contributed by atoms with Gasteiger partial charge < -0.3 is 5.32 Å². The Bertz CT molecular complexity index is 416. The number of likely N-dealkylation sites (N-methyl/N-ethyl adjacent to an activating group) is 1. The van der Waals surface area contributed by atoms with E-state index < -0.39 is 0 Å². The number of benzene rings is 1. The van der Waals surface area contributed by atoms with Crippen LogP contribution in [0, 0.1) is 24.6 Å². The van der Waals surface area contributed by atoms with E-state index in [1.165, 1.54) is 31.2 Å². The lowest BCUT2D eigenvalue weighted by atomic mass is 9.89. The smallest absolute Gasteiger partial charge is 0.123 e. The van der Waals surface area contributed by atoms with Crippen molar-refractivity contribution in [3.63, 3.8) is 0 Å². The molecule has 0 aromatic heterocycles. The predicted octanol–water partition coefficient (Wildman–Crippen LogP) is 4.09. The third-order valence-corrected chi connectivity index (χ3v) is 4.85. The van der Waals surface area contributed by atoms with Gasteiger partial charge in [-0.25, -0.2) is 4.39 Å². The van der Waals surface area contributed by atoms with E-state index in [1.807, 2.05) is 13.1 Å². The van der Waals surface area contributed by atoms with Gasteiger partial charge in [0.2, 0.25) is 0 Å². The van der Waals surface area contributed by atoms with E-state index >= 15 is 0 Å². The number of hydrogen-bond acceptors (Lipinski definition) is 1. The molecule has 0 bridgehead atoms. The minimum atomic E-state index is -0.117. The lowest BCUT2D eigenvalue weighted by Gasteiger charge is -2.24. The Balaban J connectivity index is 2.05. The van der Waals surface area contributed by atoms with Crippen LogP contribution in [0.1, 0.15) is 43.7 Å².